The summed E-state index contributed by atoms with van der Waals surface area (Å²) in [7, 11) is 5.10. The molecular formula is C13H17N5O4S3. The molecule has 12 heteroatoms. The number of rotatable bonds is 6. The zero-order valence-electron chi connectivity index (χ0n) is 13.8. The summed E-state index contributed by atoms with van der Waals surface area (Å²) in [5.41, 5.74) is 5.13. The molecule has 0 aromatic carbocycles. The number of aromatic nitrogens is 2. The number of carbonyl (C=O) groups excluding carboxylic acids is 1. The molecule has 1 amide bonds. The molecule has 0 spiro atoms. The van der Waals surface area contributed by atoms with Crippen molar-refractivity contribution < 1.29 is 19.4 Å². The van der Waals surface area contributed by atoms with Gasteiger partial charge in [-0.15, -0.1) is 22.0 Å². The summed E-state index contributed by atoms with van der Waals surface area (Å²) in [6.07, 6.45) is 0. The van der Waals surface area contributed by atoms with Gasteiger partial charge in [-0.2, -0.15) is 0 Å². The second-order valence-corrected chi connectivity index (χ2v) is 8.87. The van der Waals surface area contributed by atoms with Crippen molar-refractivity contribution in [1.29, 1.82) is 0 Å². The predicted molar refractivity (Wildman–Crippen MR) is 96.6 cm³/mol. The van der Waals surface area contributed by atoms with E-state index in [0.717, 1.165) is 9.47 Å². The number of carboxylic acid groups (broad SMARTS) is 1. The molecule has 0 radical (unpaired) electrons. The molecule has 9 nitrogen and oxygen atoms in total. The van der Waals surface area contributed by atoms with Gasteiger partial charge in [0.15, 0.2) is 4.34 Å². The fraction of sp³-hybridized carbons (Fsp3) is 0.538. The van der Waals surface area contributed by atoms with Gasteiger partial charge in [-0.05, 0) is 5.57 Å². The number of carboxylic acids is 1. The fourth-order valence-electron chi connectivity index (χ4n) is 2.50. The van der Waals surface area contributed by atoms with E-state index in [1.807, 2.05) is 19.0 Å². The number of methoxy groups -OCH3 is 1. The second kappa shape index (κ2) is 6.76. The van der Waals surface area contributed by atoms with Crippen LogP contribution in [0.2, 0.25) is 0 Å². The molecule has 1 aromatic heterocycles. The summed E-state index contributed by atoms with van der Waals surface area (Å²) in [6, 6.07) is 0. The van der Waals surface area contributed by atoms with E-state index in [4.69, 9.17) is 10.5 Å². The Labute approximate surface area is 156 Å². The van der Waals surface area contributed by atoms with Crippen molar-refractivity contribution in [3.05, 3.63) is 11.3 Å². The Morgan fingerprint density at radius 3 is 2.84 bits per heavy atom. The average Bonchev–Trinajstić information content (AvgIpc) is 3.07. The first-order valence-corrected chi connectivity index (χ1v) is 10.0. The highest BCUT2D eigenvalue weighted by Gasteiger charge is 2.63. The minimum absolute atomic E-state index is 0.00303. The standard InChI is InChI=1S/C13H17N5O4S3/c1-17(2)11-15-16-12(25-11)24-5-6-4-23-10-13(14,22-3)9(21)18(10)7(6)8(19)20/h10H,4-5,14H2,1-3H3,(H,19,20)/t10-,13-/m0/s1. The van der Waals surface area contributed by atoms with Crippen LogP contribution >= 0.6 is 34.9 Å². The first-order chi connectivity index (χ1) is 11.8. The van der Waals surface area contributed by atoms with E-state index in [2.05, 4.69) is 10.2 Å². The molecule has 136 valence electrons. The van der Waals surface area contributed by atoms with Gasteiger partial charge in [-0.3, -0.25) is 15.4 Å². The molecule has 3 heterocycles. The van der Waals surface area contributed by atoms with Crippen LogP contribution in [0.1, 0.15) is 0 Å². The first-order valence-electron chi connectivity index (χ1n) is 7.17. The molecule has 0 unspecified atom stereocenters. The molecule has 3 rings (SSSR count). The van der Waals surface area contributed by atoms with Gasteiger partial charge in [0.05, 0.1) is 0 Å². The lowest BCUT2D eigenvalue weighted by atomic mass is 10.00. The molecular weight excluding hydrogens is 386 g/mol. The normalized spacial score (nSPS) is 25.7. The third kappa shape index (κ3) is 3.01. The van der Waals surface area contributed by atoms with Gasteiger partial charge in [0.25, 0.3) is 5.91 Å². The summed E-state index contributed by atoms with van der Waals surface area (Å²) >= 11 is 4.23. The van der Waals surface area contributed by atoms with Gasteiger partial charge in [-0.25, -0.2) is 4.79 Å². The average molecular weight is 404 g/mol. The maximum absolute atomic E-state index is 12.3. The molecule has 1 fully saturated rings. The van der Waals surface area contributed by atoms with Crippen LogP contribution in [-0.4, -0.2) is 75.9 Å². The molecule has 0 aliphatic carbocycles. The number of carbonyl (C=O) groups is 2. The monoisotopic (exact) mass is 403 g/mol. The maximum Gasteiger partial charge on any atom is 0.352 e. The van der Waals surface area contributed by atoms with E-state index in [9.17, 15) is 14.7 Å². The maximum atomic E-state index is 12.3. The highest BCUT2D eigenvalue weighted by molar-refractivity contribution is 8.02. The molecule has 2 aliphatic heterocycles. The fourth-order valence-corrected chi connectivity index (χ4v) is 5.80. The van der Waals surface area contributed by atoms with Crippen LogP contribution < -0.4 is 10.6 Å². The summed E-state index contributed by atoms with van der Waals surface area (Å²) < 4.78 is 5.84. The summed E-state index contributed by atoms with van der Waals surface area (Å²) in [6.45, 7) is 0. The Bertz CT molecular complexity index is 752. The highest BCUT2D eigenvalue weighted by Crippen LogP contribution is 2.46. The number of hydrogen-bond acceptors (Lipinski definition) is 10. The Morgan fingerprint density at radius 1 is 1.56 bits per heavy atom. The molecule has 2 aliphatic rings. The number of nitrogens with two attached hydrogens (primary N) is 1. The van der Waals surface area contributed by atoms with Crippen molar-refractivity contribution in [2.45, 2.75) is 15.4 Å². The van der Waals surface area contributed by atoms with E-state index < -0.39 is 23.0 Å². The number of nitrogens with zero attached hydrogens (tertiary/aromatic N) is 4. The van der Waals surface area contributed by atoms with Crippen LogP contribution in [0, 0.1) is 0 Å². The number of ether oxygens (including phenoxy) is 1. The molecule has 0 saturated carbocycles. The zero-order valence-corrected chi connectivity index (χ0v) is 16.2. The Kier molecular flexibility index (Phi) is 4.99. The zero-order chi connectivity index (χ0) is 18.4. The number of hydrogen-bond donors (Lipinski definition) is 2. The van der Waals surface area contributed by atoms with E-state index in [-0.39, 0.29) is 5.70 Å². The van der Waals surface area contributed by atoms with Crippen LogP contribution in [-0.2, 0) is 14.3 Å². The Morgan fingerprint density at radius 2 is 2.28 bits per heavy atom. The smallest absolute Gasteiger partial charge is 0.352 e. The van der Waals surface area contributed by atoms with Crippen LogP contribution in [0.4, 0.5) is 5.13 Å². The van der Waals surface area contributed by atoms with Crippen molar-refractivity contribution in [3.63, 3.8) is 0 Å². The number of fused-ring (bicyclic) bond motifs is 1. The minimum Gasteiger partial charge on any atom is -0.477 e. The van der Waals surface area contributed by atoms with Crippen LogP contribution in [0.15, 0.2) is 15.6 Å². The van der Waals surface area contributed by atoms with E-state index in [1.54, 1.807) is 0 Å². The minimum atomic E-state index is -1.45. The van der Waals surface area contributed by atoms with E-state index >= 15 is 0 Å². The van der Waals surface area contributed by atoms with E-state index in [0.29, 0.717) is 17.1 Å². The van der Waals surface area contributed by atoms with Crippen LogP contribution in [0.3, 0.4) is 0 Å². The third-order valence-corrected chi connectivity index (χ3v) is 7.54. The van der Waals surface area contributed by atoms with Crippen molar-refractivity contribution in [2.75, 3.05) is 37.6 Å². The van der Waals surface area contributed by atoms with Gasteiger partial charge in [-0.1, -0.05) is 23.1 Å². The van der Waals surface area contributed by atoms with Crippen molar-refractivity contribution >= 4 is 51.9 Å². The van der Waals surface area contributed by atoms with Gasteiger partial charge >= 0.3 is 5.97 Å². The summed E-state index contributed by atoms with van der Waals surface area (Å²) in [4.78, 5) is 27.1. The van der Waals surface area contributed by atoms with Gasteiger partial charge in [0.1, 0.15) is 11.1 Å². The SMILES string of the molecule is CO[C@@]1(N)C(=O)N2C(C(=O)O)=C(CSc3nnc(N(C)C)s3)CS[C@H]21. The van der Waals surface area contributed by atoms with Crippen molar-refractivity contribution in [3.8, 4) is 0 Å². The topological polar surface area (TPSA) is 122 Å². The largest absolute Gasteiger partial charge is 0.477 e. The van der Waals surface area contributed by atoms with Crippen molar-refractivity contribution in [2.24, 2.45) is 5.73 Å². The number of β-lactam (4-membered cyclic amide) rings is 1. The number of thioether (sulfide) groups is 2. The Hall–Kier alpha value is -1.34. The second-order valence-electron chi connectivity index (χ2n) is 5.63. The molecule has 0 bridgehead atoms. The molecule has 25 heavy (non-hydrogen) atoms. The lowest BCUT2D eigenvalue weighted by Crippen LogP contribution is -2.78. The summed E-state index contributed by atoms with van der Waals surface area (Å²) in [5, 5.41) is 18.0. The number of aliphatic carboxylic acids is 1. The number of amides is 1. The van der Waals surface area contributed by atoms with E-state index in [1.165, 1.54) is 46.9 Å². The highest BCUT2D eigenvalue weighted by atomic mass is 32.2. The van der Waals surface area contributed by atoms with Crippen LogP contribution in [0.5, 0.6) is 0 Å². The van der Waals surface area contributed by atoms with Gasteiger partial charge in [0.2, 0.25) is 10.9 Å². The molecule has 3 N–H and O–H groups in total. The summed E-state index contributed by atoms with van der Waals surface area (Å²) in [5.74, 6) is -0.792. The lowest BCUT2D eigenvalue weighted by molar-refractivity contribution is -0.182. The molecule has 2 atom stereocenters. The first kappa shape index (κ1) is 18.5. The van der Waals surface area contributed by atoms with Gasteiger partial charge < -0.3 is 14.7 Å². The molecule has 1 saturated heterocycles. The number of anilines is 1. The Balaban J connectivity index is 1.79. The quantitative estimate of drug-likeness (QED) is 0.388. The lowest BCUT2D eigenvalue weighted by Gasteiger charge is -2.54. The van der Waals surface area contributed by atoms with Gasteiger partial charge in [0, 0.05) is 32.7 Å². The predicted octanol–water partition coefficient (Wildman–Crippen LogP) is 0.251. The molecule has 1 aromatic rings. The third-order valence-electron chi connectivity index (χ3n) is 3.83. The van der Waals surface area contributed by atoms with Crippen LogP contribution in [0.25, 0.3) is 0 Å². The van der Waals surface area contributed by atoms with Crippen molar-refractivity contribution in [1.82, 2.24) is 15.1 Å².